The van der Waals surface area contributed by atoms with E-state index in [1.807, 2.05) is 16.7 Å². The molecule has 0 amide bonds. The van der Waals surface area contributed by atoms with E-state index in [0.717, 1.165) is 30.2 Å². The standard InChI is InChI=1S/C24H24ClFN6OS/c1-16(31-12-3-2-4-13-31)23-28-29-24(32(23)20-10-8-19(26)9-11-20)34-15-21-27-22(30-33-21)17-6-5-7-18(25)14-17/h5-11,14,16H,2-4,12-13,15H2,1H3/t16-/m0/s1. The van der Waals surface area contributed by atoms with E-state index in [9.17, 15) is 4.39 Å². The molecule has 1 saturated heterocycles. The summed E-state index contributed by atoms with van der Waals surface area (Å²) in [5.41, 5.74) is 1.61. The van der Waals surface area contributed by atoms with Crippen molar-refractivity contribution in [1.29, 1.82) is 0 Å². The lowest BCUT2D eigenvalue weighted by atomic mass is 10.1. The summed E-state index contributed by atoms with van der Waals surface area (Å²) < 4.78 is 21.1. The summed E-state index contributed by atoms with van der Waals surface area (Å²) in [5, 5.41) is 14.4. The van der Waals surface area contributed by atoms with Crippen LogP contribution in [0.4, 0.5) is 4.39 Å². The largest absolute Gasteiger partial charge is 0.338 e. The Hall–Kier alpha value is -2.75. The van der Waals surface area contributed by atoms with Gasteiger partial charge in [0, 0.05) is 16.3 Å². The van der Waals surface area contributed by atoms with E-state index in [4.69, 9.17) is 16.1 Å². The van der Waals surface area contributed by atoms with Gasteiger partial charge < -0.3 is 4.52 Å². The predicted octanol–water partition coefficient (Wildman–Crippen LogP) is 5.95. The van der Waals surface area contributed by atoms with Crippen molar-refractivity contribution in [3.8, 4) is 17.1 Å². The fraction of sp³-hybridized carbons (Fsp3) is 0.333. The van der Waals surface area contributed by atoms with Gasteiger partial charge in [0.2, 0.25) is 11.7 Å². The highest BCUT2D eigenvalue weighted by atomic mass is 35.5. The highest BCUT2D eigenvalue weighted by Gasteiger charge is 2.26. The molecule has 176 valence electrons. The number of rotatable bonds is 7. The Morgan fingerprint density at radius 1 is 1.09 bits per heavy atom. The second-order valence-corrected chi connectivity index (χ2v) is 9.61. The molecule has 7 nitrogen and oxygen atoms in total. The summed E-state index contributed by atoms with van der Waals surface area (Å²) in [6.45, 7) is 4.22. The maximum atomic E-state index is 13.6. The predicted molar refractivity (Wildman–Crippen MR) is 129 cm³/mol. The minimum Gasteiger partial charge on any atom is -0.338 e. The Kier molecular flexibility index (Phi) is 6.94. The summed E-state index contributed by atoms with van der Waals surface area (Å²) >= 11 is 7.53. The van der Waals surface area contributed by atoms with Crippen LogP contribution in [0.5, 0.6) is 0 Å². The Balaban J connectivity index is 1.40. The number of hydrogen-bond donors (Lipinski definition) is 0. The highest BCUT2D eigenvalue weighted by molar-refractivity contribution is 7.98. The monoisotopic (exact) mass is 498 g/mol. The summed E-state index contributed by atoms with van der Waals surface area (Å²) in [6, 6.07) is 13.8. The number of benzene rings is 2. The van der Waals surface area contributed by atoms with Crippen molar-refractivity contribution in [2.45, 2.75) is 43.1 Å². The Morgan fingerprint density at radius 3 is 2.65 bits per heavy atom. The first kappa shape index (κ1) is 23.0. The van der Waals surface area contributed by atoms with E-state index in [2.05, 4.69) is 32.2 Å². The highest BCUT2D eigenvalue weighted by Crippen LogP contribution is 2.31. The maximum Gasteiger partial charge on any atom is 0.237 e. The van der Waals surface area contributed by atoms with Crippen molar-refractivity contribution in [2.24, 2.45) is 0 Å². The van der Waals surface area contributed by atoms with Gasteiger partial charge in [-0.05, 0) is 69.3 Å². The molecule has 1 aliphatic rings. The Bertz CT molecular complexity index is 1250. The maximum absolute atomic E-state index is 13.6. The van der Waals surface area contributed by atoms with E-state index < -0.39 is 0 Å². The third-order valence-electron chi connectivity index (χ3n) is 5.93. The van der Waals surface area contributed by atoms with Crippen molar-refractivity contribution >= 4 is 23.4 Å². The quantitative estimate of drug-likeness (QED) is 0.291. The smallest absolute Gasteiger partial charge is 0.237 e. The van der Waals surface area contributed by atoms with Crippen LogP contribution < -0.4 is 0 Å². The lowest BCUT2D eigenvalue weighted by Crippen LogP contribution is -2.33. The molecule has 0 saturated carbocycles. The van der Waals surface area contributed by atoms with Gasteiger partial charge in [-0.15, -0.1) is 10.2 Å². The van der Waals surface area contributed by atoms with Gasteiger partial charge in [0.15, 0.2) is 11.0 Å². The summed E-state index contributed by atoms with van der Waals surface area (Å²) in [7, 11) is 0. The van der Waals surface area contributed by atoms with Crippen LogP contribution in [-0.4, -0.2) is 42.9 Å². The lowest BCUT2D eigenvalue weighted by molar-refractivity contribution is 0.167. The molecule has 34 heavy (non-hydrogen) atoms. The van der Waals surface area contributed by atoms with Gasteiger partial charge in [-0.3, -0.25) is 9.47 Å². The topological polar surface area (TPSA) is 72.9 Å². The summed E-state index contributed by atoms with van der Waals surface area (Å²) in [5.74, 6) is 1.93. The summed E-state index contributed by atoms with van der Waals surface area (Å²) in [4.78, 5) is 6.92. The molecule has 1 fully saturated rings. The van der Waals surface area contributed by atoms with E-state index in [1.54, 1.807) is 24.3 Å². The van der Waals surface area contributed by atoms with Crippen LogP contribution in [0.2, 0.25) is 5.02 Å². The second-order valence-electron chi connectivity index (χ2n) is 8.24. The van der Waals surface area contributed by atoms with Crippen LogP contribution in [0.3, 0.4) is 0 Å². The first-order valence-corrected chi connectivity index (χ1v) is 12.6. The van der Waals surface area contributed by atoms with Crippen LogP contribution in [0.15, 0.2) is 58.2 Å². The van der Waals surface area contributed by atoms with Crippen molar-refractivity contribution in [3.05, 3.63) is 71.1 Å². The van der Waals surface area contributed by atoms with Crippen LogP contribution in [0, 0.1) is 5.82 Å². The number of hydrogen-bond acceptors (Lipinski definition) is 7. The van der Waals surface area contributed by atoms with Crippen molar-refractivity contribution < 1.29 is 8.91 Å². The normalized spacial score (nSPS) is 15.5. The third kappa shape index (κ3) is 5.01. The van der Waals surface area contributed by atoms with Gasteiger partial charge in [-0.25, -0.2) is 4.39 Å². The molecule has 0 N–H and O–H groups in total. The average Bonchev–Trinajstić information content (AvgIpc) is 3.51. The molecule has 0 spiro atoms. The molecule has 0 unspecified atom stereocenters. The zero-order valence-electron chi connectivity index (χ0n) is 18.7. The fourth-order valence-electron chi connectivity index (χ4n) is 4.13. The molecule has 0 radical (unpaired) electrons. The number of likely N-dealkylation sites (tertiary alicyclic amines) is 1. The number of piperidine rings is 1. The van der Waals surface area contributed by atoms with Crippen LogP contribution in [0.1, 0.15) is 43.9 Å². The molecule has 2 aromatic heterocycles. The van der Waals surface area contributed by atoms with Gasteiger partial charge in [0.25, 0.3) is 0 Å². The minimum atomic E-state index is -0.281. The van der Waals surface area contributed by atoms with Crippen LogP contribution >= 0.6 is 23.4 Å². The van der Waals surface area contributed by atoms with E-state index >= 15 is 0 Å². The second kappa shape index (κ2) is 10.2. The zero-order valence-corrected chi connectivity index (χ0v) is 20.3. The molecule has 4 aromatic rings. The molecule has 0 aliphatic carbocycles. The molecule has 5 rings (SSSR count). The molecule has 1 aliphatic heterocycles. The van der Waals surface area contributed by atoms with Crippen LogP contribution in [0.25, 0.3) is 17.1 Å². The van der Waals surface area contributed by atoms with E-state index in [-0.39, 0.29) is 11.9 Å². The number of halogens is 2. The van der Waals surface area contributed by atoms with Gasteiger partial charge in [0.05, 0.1) is 11.8 Å². The Morgan fingerprint density at radius 2 is 1.88 bits per heavy atom. The average molecular weight is 499 g/mol. The van der Waals surface area contributed by atoms with Crippen molar-refractivity contribution in [2.75, 3.05) is 13.1 Å². The molecule has 10 heteroatoms. The third-order valence-corrected chi connectivity index (χ3v) is 7.08. The van der Waals surface area contributed by atoms with E-state index in [0.29, 0.717) is 27.6 Å². The molecular formula is C24H24ClFN6OS. The number of nitrogens with zero attached hydrogens (tertiary/aromatic N) is 6. The van der Waals surface area contributed by atoms with Crippen LogP contribution in [-0.2, 0) is 5.75 Å². The SMILES string of the molecule is C[C@@H](c1nnc(SCc2nc(-c3cccc(Cl)c3)no2)n1-c1ccc(F)cc1)N1CCCCC1. The minimum absolute atomic E-state index is 0.0880. The molecule has 1 atom stereocenters. The van der Waals surface area contributed by atoms with Crippen molar-refractivity contribution in [1.82, 2.24) is 29.8 Å². The summed E-state index contributed by atoms with van der Waals surface area (Å²) in [6.07, 6.45) is 3.63. The van der Waals surface area contributed by atoms with Gasteiger partial charge in [-0.1, -0.05) is 47.1 Å². The molecule has 2 aromatic carbocycles. The van der Waals surface area contributed by atoms with E-state index in [1.165, 1.54) is 43.2 Å². The van der Waals surface area contributed by atoms with Gasteiger partial charge in [-0.2, -0.15) is 4.98 Å². The number of aromatic nitrogens is 5. The first-order chi connectivity index (χ1) is 16.6. The number of thioether (sulfide) groups is 1. The van der Waals surface area contributed by atoms with Crippen molar-refractivity contribution in [3.63, 3.8) is 0 Å². The molecular weight excluding hydrogens is 475 g/mol. The zero-order chi connectivity index (χ0) is 23.5. The molecule has 3 heterocycles. The molecule has 0 bridgehead atoms. The van der Waals surface area contributed by atoms with Gasteiger partial charge >= 0.3 is 0 Å². The first-order valence-electron chi connectivity index (χ1n) is 11.2. The fourth-order valence-corrected chi connectivity index (χ4v) is 5.12. The Labute approximate surface area is 206 Å². The van der Waals surface area contributed by atoms with Gasteiger partial charge in [0.1, 0.15) is 5.82 Å². The lowest BCUT2D eigenvalue weighted by Gasteiger charge is -2.31.